The molecule has 1 aromatic rings. The van der Waals surface area contributed by atoms with Gasteiger partial charge < -0.3 is 4.52 Å². The minimum absolute atomic E-state index is 0.357. The molecule has 6 nitrogen and oxygen atoms in total. The maximum Gasteiger partial charge on any atom is 0.286 e. The van der Waals surface area contributed by atoms with Crippen LogP contribution in [0.15, 0.2) is 35.4 Å². The molecule has 7 heteroatoms. The van der Waals surface area contributed by atoms with Gasteiger partial charge in [-0.05, 0) is 52.1 Å². The zero-order valence-electron chi connectivity index (χ0n) is 14.4. The Balaban J connectivity index is 2.58. The number of benzene rings is 1. The lowest BCUT2D eigenvalue weighted by Crippen LogP contribution is -2.48. The molecule has 23 heavy (non-hydrogen) atoms. The number of hydrogen-bond donors (Lipinski definition) is 0. The molecule has 0 bridgehead atoms. The average Bonchev–Trinajstić information content (AvgIpc) is 2.42. The average molecular weight is 336 g/mol. The highest BCUT2D eigenvalue weighted by Gasteiger charge is 2.51. The van der Waals surface area contributed by atoms with Crippen molar-refractivity contribution < 1.29 is 9.09 Å². The van der Waals surface area contributed by atoms with Crippen LogP contribution in [0.5, 0.6) is 0 Å². The molecule has 1 heterocycles. The highest BCUT2D eigenvalue weighted by molar-refractivity contribution is 7.57. The molecule has 1 fully saturated rings. The molecule has 2 atom stereocenters. The van der Waals surface area contributed by atoms with Crippen LogP contribution in [0.25, 0.3) is 10.4 Å². The van der Waals surface area contributed by atoms with E-state index in [2.05, 4.69) is 10.0 Å². The van der Waals surface area contributed by atoms with E-state index in [4.69, 9.17) is 10.1 Å². The summed E-state index contributed by atoms with van der Waals surface area (Å²) in [6, 6.07) is 9.21. The summed E-state index contributed by atoms with van der Waals surface area (Å²) in [5.74, 6) is -0.854. The van der Waals surface area contributed by atoms with Gasteiger partial charge in [-0.2, -0.15) is 0 Å². The van der Waals surface area contributed by atoms with E-state index in [9.17, 15) is 4.57 Å². The van der Waals surface area contributed by atoms with E-state index in [1.807, 2.05) is 69.6 Å². The summed E-state index contributed by atoms with van der Waals surface area (Å²) >= 11 is 0. The molecule has 0 saturated carbocycles. The van der Waals surface area contributed by atoms with E-state index >= 15 is 0 Å². The largest absolute Gasteiger partial charge is 0.311 e. The first-order valence-electron chi connectivity index (χ1n) is 7.78. The zero-order valence-corrected chi connectivity index (χ0v) is 15.3. The van der Waals surface area contributed by atoms with Gasteiger partial charge in [0.1, 0.15) is 0 Å². The highest BCUT2D eigenvalue weighted by Crippen LogP contribution is 2.69. The Morgan fingerprint density at radius 1 is 1.35 bits per heavy atom. The third-order valence-electron chi connectivity index (χ3n) is 3.98. The SMILES string of the molecule is CC1(C)CCN(C(C)(C)C)P(=O)(C(N=[N+]=[N-])c2ccccc2)O1. The molecule has 2 unspecified atom stereocenters. The fourth-order valence-electron chi connectivity index (χ4n) is 2.89. The van der Waals surface area contributed by atoms with Crippen LogP contribution < -0.4 is 0 Å². The molecule has 0 spiro atoms. The molecule has 1 aliphatic heterocycles. The molecule has 0 N–H and O–H groups in total. The minimum atomic E-state index is -3.40. The van der Waals surface area contributed by atoms with Crippen LogP contribution in [0, 0.1) is 0 Å². The standard InChI is InChI=1S/C16H25N4O2P/c1-15(2,3)20-12-11-16(4,5)22-23(20,21)14(18-19-17)13-9-7-6-8-10-13/h6-10,14H,11-12H2,1-5H3. The number of azide groups is 1. The van der Waals surface area contributed by atoms with Gasteiger partial charge in [-0.15, -0.1) is 0 Å². The van der Waals surface area contributed by atoms with Crippen molar-refractivity contribution in [3.8, 4) is 0 Å². The summed E-state index contributed by atoms with van der Waals surface area (Å²) < 4.78 is 21.9. The monoisotopic (exact) mass is 336 g/mol. The summed E-state index contributed by atoms with van der Waals surface area (Å²) in [6.45, 7) is 10.5. The first-order valence-corrected chi connectivity index (χ1v) is 9.43. The summed E-state index contributed by atoms with van der Waals surface area (Å²) in [5, 5.41) is 3.87. The number of hydrogen-bond acceptors (Lipinski definition) is 3. The van der Waals surface area contributed by atoms with Crippen LogP contribution in [0.3, 0.4) is 0 Å². The van der Waals surface area contributed by atoms with Crippen molar-refractivity contribution in [2.75, 3.05) is 6.54 Å². The Labute approximate surface area is 138 Å². The van der Waals surface area contributed by atoms with Crippen LogP contribution >= 0.6 is 7.52 Å². The van der Waals surface area contributed by atoms with Gasteiger partial charge in [-0.1, -0.05) is 35.4 Å². The summed E-state index contributed by atoms with van der Waals surface area (Å²) in [7, 11) is -3.40. The van der Waals surface area contributed by atoms with Crippen LogP contribution in [0.1, 0.15) is 52.4 Å². The molecule has 1 saturated heterocycles. The van der Waals surface area contributed by atoms with Gasteiger partial charge in [0, 0.05) is 17.0 Å². The highest BCUT2D eigenvalue weighted by atomic mass is 31.2. The van der Waals surface area contributed by atoms with Gasteiger partial charge in [0.05, 0.1) is 5.60 Å². The van der Waals surface area contributed by atoms with E-state index in [1.165, 1.54) is 0 Å². The molecule has 2 rings (SSSR count). The fraction of sp³-hybridized carbons (Fsp3) is 0.625. The molecular weight excluding hydrogens is 311 g/mol. The predicted molar refractivity (Wildman–Crippen MR) is 92.2 cm³/mol. The summed E-state index contributed by atoms with van der Waals surface area (Å²) in [5.41, 5.74) is 8.86. The molecule has 0 aliphatic carbocycles. The van der Waals surface area contributed by atoms with Gasteiger partial charge in [-0.3, -0.25) is 4.57 Å². The normalized spacial score (nSPS) is 26.3. The maximum absolute atomic E-state index is 14.0. The fourth-order valence-corrected chi connectivity index (χ4v) is 6.10. The summed E-state index contributed by atoms with van der Waals surface area (Å²) in [4.78, 5) is 2.94. The lowest BCUT2D eigenvalue weighted by molar-refractivity contribution is 0.0281. The van der Waals surface area contributed by atoms with Gasteiger partial charge in [0.25, 0.3) is 7.52 Å². The smallest absolute Gasteiger partial charge is 0.286 e. The molecule has 126 valence electrons. The van der Waals surface area contributed by atoms with Crippen molar-refractivity contribution in [2.24, 2.45) is 5.11 Å². The molecule has 1 aliphatic rings. The van der Waals surface area contributed by atoms with Crippen LogP contribution in [-0.4, -0.2) is 22.4 Å². The predicted octanol–water partition coefficient (Wildman–Crippen LogP) is 5.49. The van der Waals surface area contributed by atoms with Gasteiger partial charge >= 0.3 is 0 Å². The van der Waals surface area contributed by atoms with E-state index in [0.29, 0.717) is 12.1 Å². The Hall–Kier alpha value is -1.32. The molecule has 0 amide bonds. The van der Waals surface area contributed by atoms with Crippen molar-refractivity contribution in [2.45, 2.75) is 58.0 Å². The molecular formula is C16H25N4O2P. The van der Waals surface area contributed by atoms with Crippen LogP contribution in [0.2, 0.25) is 0 Å². The number of nitrogens with zero attached hydrogens (tertiary/aromatic N) is 4. The minimum Gasteiger partial charge on any atom is -0.311 e. The summed E-state index contributed by atoms with van der Waals surface area (Å²) in [6.07, 6.45) is 0.770. The molecule has 1 aromatic carbocycles. The van der Waals surface area contributed by atoms with Crippen molar-refractivity contribution in [1.29, 1.82) is 0 Å². The van der Waals surface area contributed by atoms with Crippen molar-refractivity contribution >= 4 is 7.52 Å². The quantitative estimate of drug-likeness (QED) is 0.317. The van der Waals surface area contributed by atoms with Crippen molar-refractivity contribution in [3.05, 3.63) is 46.3 Å². The van der Waals surface area contributed by atoms with E-state index in [-0.39, 0.29) is 5.54 Å². The number of rotatable bonds is 3. The second-order valence-corrected chi connectivity index (χ2v) is 9.73. The molecule has 0 aromatic heterocycles. The third kappa shape index (κ3) is 3.78. The van der Waals surface area contributed by atoms with E-state index in [0.717, 1.165) is 6.42 Å². The Kier molecular flexibility index (Phi) is 4.93. The Morgan fingerprint density at radius 3 is 2.48 bits per heavy atom. The lowest BCUT2D eigenvalue weighted by atomic mass is 10.0. The Bertz CT molecular complexity index is 648. The van der Waals surface area contributed by atoms with E-state index in [1.54, 1.807) is 0 Å². The molecule has 0 radical (unpaired) electrons. The topological polar surface area (TPSA) is 78.3 Å². The van der Waals surface area contributed by atoms with Crippen LogP contribution in [0.4, 0.5) is 0 Å². The van der Waals surface area contributed by atoms with Gasteiger partial charge in [-0.25, -0.2) is 4.67 Å². The lowest BCUT2D eigenvalue weighted by Gasteiger charge is -2.50. The second-order valence-electron chi connectivity index (χ2n) is 7.45. The van der Waals surface area contributed by atoms with Gasteiger partial charge in [0.15, 0.2) is 5.78 Å². The zero-order chi connectivity index (χ0) is 17.3. The Morgan fingerprint density at radius 2 is 1.96 bits per heavy atom. The van der Waals surface area contributed by atoms with Gasteiger partial charge in [0.2, 0.25) is 0 Å². The van der Waals surface area contributed by atoms with E-state index < -0.39 is 18.9 Å². The first-order chi connectivity index (χ1) is 10.6. The van der Waals surface area contributed by atoms with Crippen molar-refractivity contribution in [1.82, 2.24) is 4.67 Å². The maximum atomic E-state index is 14.0. The second kappa shape index (κ2) is 6.29. The third-order valence-corrected chi connectivity index (χ3v) is 7.23. The van der Waals surface area contributed by atoms with Crippen molar-refractivity contribution in [3.63, 3.8) is 0 Å². The van der Waals surface area contributed by atoms with Crippen LogP contribution in [-0.2, 0) is 9.09 Å². The first kappa shape index (κ1) is 18.0.